The average Bonchev–Trinajstić information content (AvgIpc) is 2.68. The van der Waals surface area contributed by atoms with Gasteiger partial charge in [0, 0.05) is 10.6 Å². The number of nitrogens with two attached hydrogens (primary N) is 1. The largest absolute Gasteiger partial charge is 0.368 e. The molecule has 21 heavy (non-hydrogen) atoms. The Balaban J connectivity index is 2.26. The highest BCUT2D eigenvalue weighted by Gasteiger charge is 2.38. The van der Waals surface area contributed by atoms with E-state index in [0.29, 0.717) is 23.4 Å². The summed E-state index contributed by atoms with van der Waals surface area (Å²) in [6.45, 7) is 1.84. The predicted octanol–water partition coefficient (Wildman–Crippen LogP) is 2.96. The monoisotopic (exact) mass is 308 g/mol. The van der Waals surface area contributed by atoms with E-state index in [4.69, 9.17) is 17.3 Å². The molecular weight excluding hydrogens is 288 g/mol. The Hall–Kier alpha value is -1.55. The van der Waals surface area contributed by atoms with Crippen molar-refractivity contribution in [2.75, 3.05) is 0 Å². The molecule has 1 fully saturated rings. The molecule has 0 spiro atoms. The second-order valence-corrected chi connectivity index (χ2v) is 6.21. The number of hydrogen-bond donors (Lipinski definition) is 2. The fourth-order valence-corrected chi connectivity index (χ4v) is 3.06. The van der Waals surface area contributed by atoms with Gasteiger partial charge in [0.1, 0.15) is 5.54 Å². The van der Waals surface area contributed by atoms with Crippen molar-refractivity contribution in [1.82, 2.24) is 5.32 Å². The van der Waals surface area contributed by atoms with Crippen LogP contribution in [0.3, 0.4) is 0 Å². The number of primary amides is 1. The van der Waals surface area contributed by atoms with Crippen LogP contribution in [0.2, 0.25) is 5.02 Å². The summed E-state index contributed by atoms with van der Waals surface area (Å²) in [5, 5.41) is 3.38. The molecule has 2 amide bonds. The molecule has 0 atom stereocenters. The maximum atomic E-state index is 12.5. The van der Waals surface area contributed by atoms with E-state index in [0.717, 1.165) is 31.2 Å². The quantitative estimate of drug-likeness (QED) is 0.843. The third-order valence-electron chi connectivity index (χ3n) is 4.23. The van der Waals surface area contributed by atoms with E-state index in [1.807, 2.05) is 6.92 Å². The number of nitrogens with one attached hydrogen (secondary N) is 1. The van der Waals surface area contributed by atoms with E-state index >= 15 is 0 Å². The van der Waals surface area contributed by atoms with E-state index in [2.05, 4.69) is 5.32 Å². The lowest BCUT2D eigenvalue weighted by Crippen LogP contribution is -2.57. The van der Waals surface area contributed by atoms with Gasteiger partial charge in [-0.1, -0.05) is 43.4 Å². The number of hydrogen-bond acceptors (Lipinski definition) is 2. The van der Waals surface area contributed by atoms with Gasteiger partial charge in [0.05, 0.1) is 0 Å². The lowest BCUT2D eigenvalue weighted by Gasteiger charge is -2.30. The SMILES string of the molecule is Cc1ccc(Cl)cc1C(=O)NC1(C(N)=O)CCCCCC1. The summed E-state index contributed by atoms with van der Waals surface area (Å²) >= 11 is 5.96. The van der Waals surface area contributed by atoms with Crippen LogP contribution in [0.5, 0.6) is 0 Å². The minimum absolute atomic E-state index is 0.282. The van der Waals surface area contributed by atoms with Crippen molar-refractivity contribution in [2.45, 2.75) is 51.0 Å². The number of amides is 2. The molecule has 1 aliphatic carbocycles. The van der Waals surface area contributed by atoms with E-state index in [1.165, 1.54) is 0 Å². The van der Waals surface area contributed by atoms with Crippen LogP contribution in [-0.4, -0.2) is 17.4 Å². The van der Waals surface area contributed by atoms with Gasteiger partial charge >= 0.3 is 0 Å². The highest BCUT2D eigenvalue weighted by atomic mass is 35.5. The smallest absolute Gasteiger partial charge is 0.252 e. The normalized spacial score (nSPS) is 17.8. The molecule has 1 aromatic carbocycles. The lowest BCUT2D eigenvalue weighted by molar-refractivity contribution is -0.124. The maximum absolute atomic E-state index is 12.5. The highest BCUT2D eigenvalue weighted by Crippen LogP contribution is 2.28. The summed E-state index contributed by atoms with van der Waals surface area (Å²) in [6, 6.07) is 5.15. The van der Waals surface area contributed by atoms with Crippen molar-refractivity contribution in [2.24, 2.45) is 5.73 Å². The Morgan fingerprint density at radius 2 is 1.81 bits per heavy atom. The zero-order chi connectivity index (χ0) is 15.5. The zero-order valence-electron chi connectivity index (χ0n) is 12.2. The number of aryl methyl sites for hydroxylation is 1. The van der Waals surface area contributed by atoms with E-state index < -0.39 is 11.4 Å². The lowest BCUT2D eigenvalue weighted by atomic mass is 9.88. The van der Waals surface area contributed by atoms with Crippen LogP contribution in [0.4, 0.5) is 0 Å². The van der Waals surface area contributed by atoms with Crippen LogP contribution in [0.1, 0.15) is 54.4 Å². The van der Waals surface area contributed by atoms with Crippen LogP contribution in [0, 0.1) is 6.92 Å². The van der Waals surface area contributed by atoms with Gasteiger partial charge in [0.2, 0.25) is 5.91 Å². The molecule has 0 saturated heterocycles. The summed E-state index contributed by atoms with van der Waals surface area (Å²) < 4.78 is 0. The molecule has 114 valence electrons. The van der Waals surface area contributed by atoms with Gasteiger partial charge in [0.15, 0.2) is 0 Å². The van der Waals surface area contributed by atoms with Crippen molar-refractivity contribution in [3.63, 3.8) is 0 Å². The van der Waals surface area contributed by atoms with E-state index in [1.54, 1.807) is 18.2 Å². The van der Waals surface area contributed by atoms with Gasteiger partial charge in [-0.3, -0.25) is 9.59 Å². The summed E-state index contributed by atoms with van der Waals surface area (Å²) in [5.74, 6) is -0.729. The van der Waals surface area contributed by atoms with E-state index in [9.17, 15) is 9.59 Å². The third kappa shape index (κ3) is 3.56. The Morgan fingerprint density at radius 3 is 2.38 bits per heavy atom. The molecule has 0 radical (unpaired) electrons. The van der Waals surface area contributed by atoms with Gasteiger partial charge in [0.25, 0.3) is 5.91 Å². The predicted molar refractivity (Wildman–Crippen MR) is 83.3 cm³/mol. The van der Waals surface area contributed by atoms with Crippen molar-refractivity contribution in [3.05, 3.63) is 34.3 Å². The first-order valence-corrected chi connectivity index (χ1v) is 7.71. The number of halogens is 1. The Morgan fingerprint density at radius 1 is 1.19 bits per heavy atom. The number of carbonyl (C=O) groups is 2. The molecule has 0 heterocycles. The van der Waals surface area contributed by atoms with Crippen LogP contribution in [0.25, 0.3) is 0 Å². The molecule has 1 saturated carbocycles. The van der Waals surface area contributed by atoms with Gasteiger partial charge in [-0.25, -0.2) is 0 Å². The van der Waals surface area contributed by atoms with E-state index in [-0.39, 0.29) is 5.91 Å². The summed E-state index contributed by atoms with van der Waals surface area (Å²) in [4.78, 5) is 24.5. The molecule has 2 rings (SSSR count). The summed E-state index contributed by atoms with van der Waals surface area (Å²) in [7, 11) is 0. The van der Waals surface area contributed by atoms with Crippen molar-refractivity contribution < 1.29 is 9.59 Å². The van der Waals surface area contributed by atoms with Gasteiger partial charge in [-0.2, -0.15) is 0 Å². The standard InChI is InChI=1S/C16H21ClN2O2/c1-11-6-7-12(17)10-13(11)14(20)19-16(15(18)21)8-4-2-3-5-9-16/h6-7,10H,2-5,8-9H2,1H3,(H2,18,21)(H,19,20). The number of benzene rings is 1. The fraction of sp³-hybridized carbons (Fsp3) is 0.500. The number of carbonyl (C=O) groups excluding carboxylic acids is 2. The zero-order valence-corrected chi connectivity index (χ0v) is 13.0. The van der Waals surface area contributed by atoms with Crippen LogP contribution >= 0.6 is 11.6 Å². The molecule has 1 aliphatic rings. The molecule has 4 nitrogen and oxygen atoms in total. The number of rotatable bonds is 3. The minimum atomic E-state index is -0.928. The first-order chi connectivity index (χ1) is 9.94. The van der Waals surface area contributed by atoms with Gasteiger partial charge in [-0.15, -0.1) is 0 Å². The minimum Gasteiger partial charge on any atom is -0.368 e. The molecule has 3 N–H and O–H groups in total. The molecule has 0 unspecified atom stereocenters. The Kier molecular flexibility index (Phi) is 4.88. The molecule has 1 aromatic rings. The highest BCUT2D eigenvalue weighted by molar-refractivity contribution is 6.31. The summed E-state index contributed by atoms with van der Waals surface area (Å²) in [6.07, 6.45) is 5.15. The topological polar surface area (TPSA) is 72.2 Å². The van der Waals surface area contributed by atoms with Crippen LogP contribution in [0.15, 0.2) is 18.2 Å². The Bertz CT molecular complexity index is 549. The molecule has 5 heteroatoms. The summed E-state index contributed by atoms with van der Waals surface area (Å²) in [5.41, 5.74) is 5.98. The average molecular weight is 309 g/mol. The molecular formula is C16H21ClN2O2. The molecule has 0 bridgehead atoms. The maximum Gasteiger partial charge on any atom is 0.252 e. The Labute approximate surface area is 130 Å². The van der Waals surface area contributed by atoms with Crippen molar-refractivity contribution in [3.8, 4) is 0 Å². The first kappa shape index (κ1) is 15.8. The van der Waals surface area contributed by atoms with Crippen LogP contribution in [-0.2, 0) is 4.79 Å². The third-order valence-corrected chi connectivity index (χ3v) is 4.46. The second-order valence-electron chi connectivity index (χ2n) is 5.77. The van der Waals surface area contributed by atoms with Crippen molar-refractivity contribution in [1.29, 1.82) is 0 Å². The molecule has 0 aromatic heterocycles. The van der Waals surface area contributed by atoms with Gasteiger partial charge in [-0.05, 0) is 37.5 Å². The van der Waals surface area contributed by atoms with Crippen LogP contribution < -0.4 is 11.1 Å². The first-order valence-electron chi connectivity index (χ1n) is 7.33. The second kappa shape index (κ2) is 6.48. The van der Waals surface area contributed by atoms with Gasteiger partial charge < -0.3 is 11.1 Å². The van der Waals surface area contributed by atoms with Crippen molar-refractivity contribution >= 4 is 23.4 Å². The fourth-order valence-electron chi connectivity index (χ4n) is 2.89. The molecule has 0 aliphatic heterocycles.